The Kier molecular flexibility index (Phi) is 6.90. The number of aromatic hydroxyl groups is 1. The van der Waals surface area contributed by atoms with Crippen molar-refractivity contribution in [1.82, 2.24) is 9.47 Å². The van der Waals surface area contributed by atoms with Crippen LogP contribution in [-0.4, -0.2) is 46.6 Å². The summed E-state index contributed by atoms with van der Waals surface area (Å²) in [4.78, 5) is 51.0. The summed E-state index contributed by atoms with van der Waals surface area (Å²) in [5, 5.41) is 10.6. The summed E-state index contributed by atoms with van der Waals surface area (Å²) < 4.78 is 12.7. The van der Waals surface area contributed by atoms with Crippen molar-refractivity contribution in [3.63, 3.8) is 0 Å². The van der Waals surface area contributed by atoms with Gasteiger partial charge in [0, 0.05) is 49.8 Å². The summed E-state index contributed by atoms with van der Waals surface area (Å²) in [5.41, 5.74) is 6.77. The molecule has 0 aliphatic carbocycles. The third kappa shape index (κ3) is 4.99. The quantitative estimate of drug-likeness (QED) is 0.451. The fraction of sp³-hybridized carbons (Fsp3) is 0.357. The first-order valence-electron chi connectivity index (χ1n) is 12.5. The Morgan fingerprint density at radius 3 is 2.61 bits per heavy atom. The summed E-state index contributed by atoms with van der Waals surface area (Å²) in [6, 6.07) is 12.9. The molecule has 5 rings (SSSR count). The van der Waals surface area contributed by atoms with Gasteiger partial charge in [-0.3, -0.25) is 19.3 Å². The van der Waals surface area contributed by atoms with E-state index in [1.807, 2.05) is 10.6 Å². The van der Waals surface area contributed by atoms with Gasteiger partial charge in [0.1, 0.15) is 5.76 Å². The molecule has 198 valence electrons. The lowest BCUT2D eigenvalue weighted by molar-refractivity contribution is -0.118. The van der Waals surface area contributed by atoms with E-state index in [-0.39, 0.29) is 23.7 Å². The Labute approximate surface area is 218 Å². The Hall–Kier alpha value is -4.18. The van der Waals surface area contributed by atoms with Crippen LogP contribution in [-0.2, 0) is 22.6 Å². The number of pyridine rings is 1. The highest BCUT2D eigenvalue weighted by Crippen LogP contribution is 2.37. The molecule has 10 nitrogen and oxygen atoms in total. The van der Waals surface area contributed by atoms with Crippen LogP contribution < -0.4 is 16.7 Å². The maximum atomic E-state index is 12.8. The maximum Gasteiger partial charge on any atom is 0.337 e. The molecule has 1 amide bonds. The minimum atomic E-state index is -0.827. The lowest BCUT2D eigenvalue weighted by atomic mass is 9.83. The predicted octanol–water partition coefficient (Wildman–Crippen LogP) is 1.92. The zero-order valence-corrected chi connectivity index (χ0v) is 21.0. The Morgan fingerprint density at radius 2 is 1.89 bits per heavy atom. The summed E-state index contributed by atoms with van der Waals surface area (Å²) >= 11 is 0. The molecule has 38 heavy (non-hydrogen) atoms. The molecule has 2 aromatic heterocycles. The second kappa shape index (κ2) is 10.3. The Bertz CT molecular complexity index is 1490. The van der Waals surface area contributed by atoms with E-state index in [0.29, 0.717) is 42.4 Å². The van der Waals surface area contributed by atoms with Crippen LogP contribution in [0, 0.1) is 5.92 Å². The van der Waals surface area contributed by atoms with Crippen LogP contribution in [0.4, 0.5) is 0 Å². The first-order chi connectivity index (χ1) is 18.2. The van der Waals surface area contributed by atoms with Gasteiger partial charge < -0.3 is 24.6 Å². The largest absolute Gasteiger partial charge is 0.502 e. The Balaban J connectivity index is 1.44. The van der Waals surface area contributed by atoms with Gasteiger partial charge in [-0.1, -0.05) is 18.2 Å². The summed E-state index contributed by atoms with van der Waals surface area (Å²) in [5.74, 6) is -1.78. The fourth-order valence-corrected chi connectivity index (χ4v) is 5.75. The number of carbonyl (C=O) groups excluding carboxylic acids is 2. The van der Waals surface area contributed by atoms with Gasteiger partial charge in [0.2, 0.25) is 17.1 Å². The van der Waals surface area contributed by atoms with Crippen molar-refractivity contribution in [2.45, 2.75) is 37.8 Å². The van der Waals surface area contributed by atoms with Crippen molar-refractivity contribution in [3.05, 3.63) is 97.4 Å². The van der Waals surface area contributed by atoms with Gasteiger partial charge in [-0.25, -0.2) is 4.79 Å². The third-order valence-corrected chi connectivity index (χ3v) is 7.39. The van der Waals surface area contributed by atoms with E-state index in [2.05, 4.69) is 4.90 Å². The molecule has 0 saturated carbocycles. The van der Waals surface area contributed by atoms with Crippen LogP contribution >= 0.6 is 0 Å². The van der Waals surface area contributed by atoms with Crippen LogP contribution in [0.3, 0.4) is 0 Å². The fourth-order valence-electron chi connectivity index (χ4n) is 5.75. The number of hydrogen-bond donors (Lipinski definition) is 2. The van der Waals surface area contributed by atoms with Crippen molar-refractivity contribution in [2.24, 2.45) is 11.7 Å². The first kappa shape index (κ1) is 25.5. The molecule has 3 aromatic rings. The molecule has 1 saturated heterocycles. The molecule has 0 spiro atoms. The van der Waals surface area contributed by atoms with Crippen LogP contribution in [0.2, 0.25) is 0 Å². The molecule has 2 aliphatic heterocycles. The molecule has 2 aliphatic rings. The monoisotopic (exact) mass is 519 g/mol. The van der Waals surface area contributed by atoms with E-state index < -0.39 is 29.0 Å². The smallest absolute Gasteiger partial charge is 0.337 e. The van der Waals surface area contributed by atoms with Gasteiger partial charge in [-0.05, 0) is 36.1 Å². The Morgan fingerprint density at radius 1 is 1.13 bits per heavy atom. The van der Waals surface area contributed by atoms with Gasteiger partial charge in [-0.2, -0.15) is 0 Å². The van der Waals surface area contributed by atoms with E-state index in [1.54, 1.807) is 24.3 Å². The van der Waals surface area contributed by atoms with Crippen LogP contribution in [0.5, 0.6) is 5.75 Å². The van der Waals surface area contributed by atoms with Crippen LogP contribution in [0.15, 0.2) is 62.5 Å². The van der Waals surface area contributed by atoms with Gasteiger partial charge in [0.05, 0.1) is 25.1 Å². The molecule has 1 fully saturated rings. The highest BCUT2D eigenvalue weighted by molar-refractivity contribution is 5.89. The number of nitrogens with two attached hydrogens (primary N) is 1. The number of ether oxygens (including phenoxy) is 1. The van der Waals surface area contributed by atoms with E-state index in [0.717, 1.165) is 18.7 Å². The number of amides is 1. The zero-order chi connectivity index (χ0) is 27.0. The third-order valence-electron chi connectivity index (χ3n) is 7.39. The van der Waals surface area contributed by atoms with Gasteiger partial charge in [-0.15, -0.1) is 0 Å². The number of benzene rings is 1. The lowest BCUT2D eigenvalue weighted by Gasteiger charge is -2.42. The average Bonchev–Trinajstić information content (AvgIpc) is 2.89. The van der Waals surface area contributed by atoms with E-state index in [4.69, 9.17) is 14.9 Å². The number of rotatable bonds is 7. The predicted molar refractivity (Wildman–Crippen MR) is 137 cm³/mol. The number of hydrogen-bond acceptors (Lipinski definition) is 8. The average molecular weight is 520 g/mol. The van der Waals surface area contributed by atoms with E-state index in [9.17, 15) is 24.3 Å². The highest BCUT2D eigenvalue weighted by Gasteiger charge is 2.35. The summed E-state index contributed by atoms with van der Waals surface area (Å²) in [7, 11) is 1.28. The topological polar surface area (TPSA) is 145 Å². The normalized spacial score (nSPS) is 19.4. The minimum Gasteiger partial charge on any atom is -0.502 e. The molecule has 10 heteroatoms. The number of piperidine rings is 1. The number of carbonyl (C=O) groups is 2. The lowest BCUT2D eigenvalue weighted by Crippen LogP contribution is -2.46. The number of primary amides is 1. The maximum absolute atomic E-state index is 12.8. The standard InChI is InChI=1S/C28H29N3O7/c1-37-28(36)18-7-5-17(6-8-18)21(11-24(29)33)27-26(35)23(32)10-20(38-27)15-30-12-16-9-19(14-30)22-3-2-4-25(34)31(22)13-16/h2-8,10,16,19,21,35H,9,11-15H2,1H3,(H2,29,33). The van der Waals surface area contributed by atoms with Gasteiger partial charge in [0.15, 0.2) is 5.76 Å². The van der Waals surface area contributed by atoms with E-state index >= 15 is 0 Å². The summed E-state index contributed by atoms with van der Waals surface area (Å²) in [6.07, 6.45) is 0.782. The van der Waals surface area contributed by atoms with Crippen molar-refractivity contribution in [1.29, 1.82) is 0 Å². The van der Waals surface area contributed by atoms with E-state index in [1.165, 1.54) is 25.3 Å². The molecule has 4 heterocycles. The molecular formula is C28H29N3O7. The van der Waals surface area contributed by atoms with Crippen molar-refractivity contribution in [2.75, 3.05) is 20.2 Å². The molecule has 3 N–H and O–H groups in total. The van der Waals surface area contributed by atoms with Crippen molar-refractivity contribution in [3.8, 4) is 5.75 Å². The van der Waals surface area contributed by atoms with Crippen LogP contribution in [0.25, 0.3) is 0 Å². The number of methoxy groups -OCH3 is 1. The number of aromatic nitrogens is 1. The summed E-state index contributed by atoms with van der Waals surface area (Å²) in [6.45, 7) is 2.41. The number of likely N-dealkylation sites (tertiary alicyclic amines) is 1. The molecule has 0 radical (unpaired) electrons. The van der Waals surface area contributed by atoms with Crippen LogP contribution in [0.1, 0.15) is 57.8 Å². The molecule has 3 unspecified atom stereocenters. The number of fused-ring (bicyclic) bond motifs is 4. The SMILES string of the molecule is COC(=O)c1ccc(C(CC(N)=O)c2oc(CN3CC4CC(C3)c3cccc(=O)n3C4)cc(=O)c2O)cc1. The number of esters is 1. The zero-order valence-electron chi connectivity index (χ0n) is 21.0. The first-order valence-corrected chi connectivity index (χ1v) is 12.5. The van der Waals surface area contributed by atoms with Crippen molar-refractivity contribution < 1.29 is 23.8 Å². The molecule has 2 bridgehead atoms. The van der Waals surface area contributed by atoms with Gasteiger partial charge >= 0.3 is 5.97 Å². The minimum absolute atomic E-state index is 0.0138. The number of nitrogens with zero attached hydrogens (tertiary/aromatic N) is 2. The molecule has 1 aromatic carbocycles. The highest BCUT2D eigenvalue weighted by atomic mass is 16.5. The second-order valence-corrected chi connectivity index (χ2v) is 10.0. The van der Waals surface area contributed by atoms with Gasteiger partial charge in [0.25, 0.3) is 5.56 Å². The molecular weight excluding hydrogens is 490 g/mol. The second-order valence-electron chi connectivity index (χ2n) is 10.0. The molecule has 3 atom stereocenters. The van der Waals surface area contributed by atoms with Crippen molar-refractivity contribution >= 4 is 11.9 Å².